The zero-order chi connectivity index (χ0) is 20.1. The average Bonchev–Trinajstić information content (AvgIpc) is 3.38. The molecule has 2 heterocycles. The van der Waals surface area contributed by atoms with Crippen LogP contribution in [0.5, 0.6) is 0 Å². The van der Waals surface area contributed by atoms with E-state index in [9.17, 15) is 0 Å². The van der Waals surface area contributed by atoms with Crippen LogP contribution in [-0.4, -0.2) is 54.6 Å². The van der Waals surface area contributed by atoms with E-state index in [0.717, 1.165) is 31.6 Å². The monoisotopic (exact) mass is 393 g/mol. The van der Waals surface area contributed by atoms with E-state index in [1.807, 2.05) is 12.1 Å². The Balaban J connectivity index is 1.33. The molecule has 1 aromatic heterocycles. The first-order valence-electron chi connectivity index (χ1n) is 10.0. The van der Waals surface area contributed by atoms with E-state index in [1.165, 1.54) is 16.7 Å². The fourth-order valence-corrected chi connectivity index (χ4v) is 3.66. The van der Waals surface area contributed by atoms with E-state index in [-0.39, 0.29) is 0 Å². The number of benzene rings is 2. The highest BCUT2D eigenvalue weighted by molar-refractivity contribution is 5.67. The molecule has 1 saturated heterocycles. The average molecular weight is 393 g/mol. The Kier molecular flexibility index (Phi) is 6.34. The predicted octanol–water partition coefficient (Wildman–Crippen LogP) is 3.95. The van der Waals surface area contributed by atoms with Gasteiger partial charge in [-0.3, -0.25) is 4.90 Å². The second kappa shape index (κ2) is 9.31. The van der Waals surface area contributed by atoms with E-state index in [4.69, 9.17) is 14.0 Å². The zero-order valence-electron chi connectivity index (χ0n) is 17.0. The highest BCUT2D eigenvalue weighted by Gasteiger charge is 2.22. The number of ether oxygens (including phenoxy) is 2. The highest BCUT2D eigenvalue weighted by Crippen LogP contribution is 2.24. The van der Waals surface area contributed by atoms with Crippen LogP contribution in [0.3, 0.4) is 0 Å². The van der Waals surface area contributed by atoms with Gasteiger partial charge in [-0.15, -0.1) is 0 Å². The summed E-state index contributed by atoms with van der Waals surface area (Å²) in [6.45, 7) is 6.16. The quantitative estimate of drug-likeness (QED) is 0.540. The van der Waals surface area contributed by atoms with E-state index in [1.54, 1.807) is 14.0 Å². The Morgan fingerprint density at radius 3 is 2.34 bits per heavy atom. The SMILES string of the molecule is COCCO[C@H]1CCN(Cc2ccc(-c3ccc(-c4noc(C)n4)cc3)cc2)C1. The maximum absolute atomic E-state index is 5.85. The third-order valence-electron chi connectivity index (χ3n) is 5.23. The van der Waals surface area contributed by atoms with Crippen molar-refractivity contribution >= 4 is 0 Å². The van der Waals surface area contributed by atoms with Gasteiger partial charge in [0.05, 0.1) is 19.3 Å². The number of methoxy groups -OCH3 is 1. The third-order valence-corrected chi connectivity index (χ3v) is 5.23. The van der Waals surface area contributed by atoms with Crippen molar-refractivity contribution in [2.75, 3.05) is 33.4 Å². The van der Waals surface area contributed by atoms with Crippen molar-refractivity contribution < 1.29 is 14.0 Å². The van der Waals surface area contributed by atoms with Gasteiger partial charge < -0.3 is 14.0 Å². The number of likely N-dealkylation sites (tertiary alicyclic amines) is 1. The first-order chi connectivity index (χ1) is 14.2. The zero-order valence-corrected chi connectivity index (χ0v) is 17.0. The molecule has 29 heavy (non-hydrogen) atoms. The number of aromatic nitrogens is 2. The minimum Gasteiger partial charge on any atom is -0.382 e. The maximum Gasteiger partial charge on any atom is 0.223 e. The molecule has 1 atom stereocenters. The molecule has 0 saturated carbocycles. The minimum absolute atomic E-state index is 0.325. The fraction of sp³-hybridized carbons (Fsp3) is 0.391. The van der Waals surface area contributed by atoms with Gasteiger partial charge in [-0.2, -0.15) is 4.98 Å². The second-order valence-corrected chi connectivity index (χ2v) is 7.42. The van der Waals surface area contributed by atoms with Crippen LogP contribution in [0.25, 0.3) is 22.5 Å². The molecule has 0 unspecified atom stereocenters. The first kappa shape index (κ1) is 19.8. The van der Waals surface area contributed by atoms with Crippen LogP contribution in [0.1, 0.15) is 17.9 Å². The lowest BCUT2D eigenvalue weighted by atomic mass is 10.0. The summed E-state index contributed by atoms with van der Waals surface area (Å²) in [6, 6.07) is 17.0. The van der Waals surface area contributed by atoms with Gasteiger partial charge in [0.25, 0.3) is 0 Å². The van der Waals surface area contributed by atoms with Gasteiger partial charge in [0.2, 0.25) is 11.7 Å². The van der Waals surface area contributed by atoms with Gasteiger partial charge >= 0.3 is 0 Å². The number of hydrogen-bond acceptors (Lipinski definition) is 6. The van der Waals surface area contributed by atoms with Gasteiger partial charge in [0.1, 0.15) is 0 Å². The summed E-state index contributed by atoms with van der Waals surface area (Å²) in [7, 11) is 1.71. The van der Waals surface area contributed by atoms with E-state index >= 15 is 0 Å². The lowest BCUT2D eigenvalue weighted by Crippen LogP contribution is -2.23. The molecule has 4 rings (SSSR count). The summed E-state index contributed by atoms with van der Waals surface area (Å²) < 4.78 is 16.0. The molecular weight excluding hydrogens is 366 g/mol. The van der Waals surface area contributed by atoms with Crippen molar-refractivity contribution in [1.82, 2.24) is 15.0 Å². The molecule has 2 aromatic carbocycles. The fourth-order valence-electron chi connectivity index (χ4n) is 3.66. The van der Waals surface area contributed by atoms with Crippen molar-refractivity contribution in [3.8, 4) is 22.5 Å². The molecule has 3 aromatic rings. The summed E-state index contributed by atoms with van der Waals surface area (Å²) in [5, 5.41) is 3.97. The predicted molar refractivity (Wildman–Crippen MR) is 111 cm³/mol. The molecule has 6 heteroatoms. The van der Waals surface area contributed by atoms with Crippen molar-refractivity contribution in [3.05, 3.63) is 60.0 Å². The van der Waals surface area contributed by atoms with Crippen LogP contribution in [0, 0.1) is 6.92 Å². The van der Waals surface area contributed by atoms with Crippen molar-refractivity contribution in [2.24, 2.45) is 0 Å². The first-order valence-corrected chi connectivity index (χ1v) is 10.0. The number of rotatable bonds is 8. The largest absolute Gasteiger partial charge is 0.382 e. The van der Waals surface area contributed by atoms with Crippen LogP contribution >= 0.6 is 0 Å². The molecule has 0 spiro atoms. The van der Waals surface area contributed by atoms with Gasteiger partial charge in [-0.25, -0.2) is 0 Å². The Morgan fingerprint density at radius 1 is 1.00 bits per heavy atom. The normalized spacial score (nSPS) is 17.1. The van der Waals surface area contributed by atoms with E-state index in [0.29, 0.717) is 31.0 Å². The van der Waals surface area contributed by atoms with Gasteiger partial charge in [0, 0.05) is 39.2 Å². The molecular formula is C23H27N3O3. The lowest BCUT2D eigenvalue weighted by molar-refractivity contribution is 0.0219. The van der Waals surface area contributed by atoms with Gasteiger partial charge in [-0.1, -0.05) is 53.7 Å². The van der Waals surface area contributed by atoms with Gasteiger partial charge in [0.15, 0.2) is 0 Å². The van der Waals surface area contributed by atoms with E-state index < -0.39 is 0 Å². The standard InChI is InChI=1S/C23H27N3O3/c1-17-24-23(25-29-17)21-9-7-20(8-10-21)19-5-3-18(4-6-19)15-26-12-11-22(16-26)28-14-13-27-2/h3-10,22H,11-16H2,1-2H3/t22-/m0/s1. The smallest absolute Gasteiger partial charge is 0.223 e. The van der Waals surface area contributed by atoms with Crippen LogP contribution in [0.15, 0.2) is 53.1 Å². The van der Waals surface area contributed by atoms with E-state index in [2.05, 4.69) is 51.4 Å². The molecule has 0 bridgehead atoms. The molecule has 6 nitrogen and oxygen atoms in total. The number of nitrogens with zero attached hydrogens (tertiary/aromatic N) is 3. The van der Waals surface area contributed by atoms with Crippen LogP contribution in [-0.2, 0) is 16.0 Å². The number of hydrogen-bond donors (Lipinski definition) is 0. The maximum atomic E-state index is 5.85. The van der Waals surface area contributed by atoms with Crippen molar-refractivity contribution in [1.29, 1.82) is 0 Å². The molecule has 0 aliphatic carbocycles. The summed E-state index contributed by atoms with van der Waals surface area (Å²) in [5.41, 5.74) is 4.66. The van der Waals surface area contributed by atoms with Crippen LogP contribution in [0.4, 0.5) is 0 Å². The number of aryl methyl sites for hydroxylation is 1. The molecule has 152 valence electrons. The summed E-state index contributed by atoms with van der Waals surface area (Å²) in [6.07, 6.45) is 1.42. The Morgan fingerprint density at radius 2 is 1.69 bits per heavy atom. The Bertz CT molecular complexity index is 906. The topological polar surface area (TPSA) is 60.6 Å². The molecule has 1 fully saturated rings. The lowest BCUT2D eigenvalue weighted by Gasteiger charge is -2.16. The van der Waals surface area contributed by atoms with Gasteiger partial charge in [-0.05, 0) is 23.1 Å². The molecule has 0 radical (unpaired) electrons. The molecule has 1 aliphatic heterocycles. The van der Waals surface area contributed by atoms with Crippen molar-refractivity contribution in [3.63, 3.8) is 0 Å². The molecule has 1 aliphatic rings. The minimum atomic E-state index is 0.325. The highest BCUT2D eigenvalue weighted by atomic mass is 16.5. The summed E-state index contributed by atoms with van der Waals surface area (Å²) >= 11 is 0. The van der Waals surface area contributed by atoms with Crippen LogP contribution < -0.4 is 0 Å². The van der Waals surface area contributed by atoms with Crippen molar-refractivity contribution in [2.45, 2.75) is 26.0 Å². The summed E-state index contributed by atoms with van der Waals surface area (Å²) in [5.74, 6) is 1.20. The Hall–Kier alpha value is -2.54. The Labute approximate surface area is 171 Å². The molecule has 0 amide bonds. The summed E-state index contributed by atoms with van der Waals surface area (Å²) in [4.78, 5) is 6.72. The second-order valence-electron chi connectivity index (χ2n) is 7.42. The molecule has 0 N–H and O–H groups in total. The van der Waals surface area contributed by atoms with Crippen LogP contribution in [0.2, 0.25) is 0 Å². The third kappa shape index (κ3) is 5.09.